The van der Waals surface area contributed by atoms with Gasteiger partial charge in [-0.3, -0.25) is 0 Å². The summed E-state index contributed by atoms with van der Waals surface area (Å²) in [6.07, 6.45) is 10.9. The number of benzene rings is 3. The van der Waals surface area contributed by atoms with E-state index in [2.05, 4.69) is 44.2 Å². The van der Waals surface area contributed by atoms with E-state index in [9.17, 15) is 4.79 Å². The zero-order valence-corrected chi connectivity index (χ0v) is 23.2. The second-order valence-corrected chi connectivity index (χ2v) is 12.2. The second-order valence-electron chi connectivity index (χ2n) is 12.2. The van der Waals surface area contributed by atoms with Gasteiger partial charge < -0.3 is 14.3 Å². The van der Waals surface area contributed by atoms with Crippen LogP contribution in [0, 0.1) is 17.2 Å². The standard InChI is InChI=1S/C35H37FO3/c1-34(2)15-5-7-31(34)29-18-23(8-12-28(29)30-19-26(38-3)11-13-33(30)36)22-39-27-10-9-24-6-4-16-35(32(24)20-27)17-14-25(35)21-37/h7-13,18-21,25H,4-6,14-17,22H2,1-3H3/t25-,35+/m1/s1. The minimum atomic E-state index is -0.259. The average molecular weight is 525 g/mol. The van der Waals surface area contributed by atoms with Gasteiger partial charge in [0.25, 0.3) is 0 Å². The van der Waals surface area contributed by atoms with Crippen LogP contribution in [0.5, 0.6) is 11.5 Å². The lowest BCUT2D eigenvalue weighted by atomic mass is 9.52. The number of fused-ring (bicyclic) bond motifs is 2. The Kier molecular flexibility index (Phi) is 6.61. The zero-order valence-electron chi connectivity index (χ0n) is 23.2. The molecule has 3 aromatic rings. The van der Waals surface area contributed by atoms with Gasteiger partial charge in [0.2, 0.25) is 0 Å². The number of hydrogen-bond donors (Lipinski definition) is 0. The summed E-state index contributed by atoms with van der Waals surface area (Å²) in [6, 6.07) is 17.6. The molecule has 0 bridgehead atoms. The van der Waals surface area contributed by atoms with Crippen molar-refractivity contribution in [2.75, 3.05) is 7.11 Å². The highest BCUT2D eigenvalue weighted by Crippen LogP contribution is 2.55. The third-order valence-electron chi connectivity index (χ3n) is 9.55. The Morgan fingerprint density at radius 3 is 2.51 bits per heavy atom. The van der Waals surface area contributed by atoms with Crippen molar-refractivity contribution in [3.05, 3.63) is 88.7 Å². The predicted molar refractivity (Wildman–Crippen MR) is 154 cm³/mol. The van der Waals surface area contributed by atoms with Gasteiger partial charge in [0.05, 0.1) is 7.11 Å². The van der Waals surface area contributed by atoms with E-state index in [0.29, 0.717) is 17.9 Å². The largest absolute Gasteiger partial charge is 0.497 e. The molecule has 39 heavy (non-hydrogen) atoms. The summed E-state index contributed by atoms with van der Waals surface area (Å²) in [5.74, 6) is 1.35. The third kappa shape index (κ3) is 4.48. The Hall–Kier alpha value is -3.40. The molecule has 4 heteroatoms. The SMILES string of the molecule is COc1ccc(F)c(-c2ccc(COc3ccc4c(c3)[C@@]3(CCC4)CC[C@@H]3C=O)cc2C2=CCCC2(C)C)c1. The van der Waals surface area contributed by atoms with Gasteiger partial charge in [0, 0.05) is 16.9 Å². The molecule has 0 amide bonds. The van der Waals surface area contributed by atoms with E-state index in [1.54, 1.807) is 19.2 Å². The molecule has 0 aliphatic heterocycles. The fourth-order valence-electron chi connectivity index (χ4n) is 7.16. The van der Waals surface area contributed by atoms with Crippen molar-refractivity contribution in [2.45, 2.75) is 70.8 Å². The monoisotopic (exact) mass is 524 g/mol. The summed E-state index contributed by atoms with van der Waals surface area (Å²) in [7, 11) is 1.60. The van der Waals surface area contributed by atoms with Gasteiger partial charge in [0.15, 0.2) is 0 Å². The Morgan fingerprint density at radius 2 is 1.79 bits per heavy atom. The van der Waals surface area contributed by atoms with E-state index in [1.807, 2.05) is 12.1 Å². The van der Waals surface area contributed by atoms with Crippen LogP contribution in [0.4, 0.5) is 4.39 Å². The van der Waals surface area contributed by atoms with E-state index in [1.165, 1.54) is 29.1 Å². The first-order valence-corrected chi connectivity index (χ1v) is 14.2. The van der Waals surface area contributed by atoms with Crippen LogP contribution in [-0.4, -0.2) is 13.4 Å². The number of carbonyl (C=O) groups is 1. The molecule has 1 fully saturated rings. The molecule has 3 nitrogen and oxygen atoms in total. The second kappa shape index (κ2) is 9.97. The highest BCUT2D eigenvalue weighted by molar-refractivity contribution is 5.85. The lowest BCUT2D eigenvalue weighted by Crippen LogP contribution is -2.47. The number of aryl methyl sites for hydroxylation is 1. The fraction of sp³-hybridized carbons (Fsp3) is 0.400. The van der Waals surface area contributed by atoms with Crippen molar-refractivity contribution >= 4 is 11.9 Å². The zero-order chi connectivity index (χ0) is 27.2. The highest BCUT2D eigenvalue weighted by atomic mass is 19.1. The number of methoxy groups -OCH3 is 1. The summed E-state index contributed by atoms with van der Waals surface area (Å²) in [5, 5.41) is 0. The molecule has 3 aromatic carbocycles. The molecule has 6 rings (SSSR count). The number of ether oxygens (including phenoxy) is 2. The van der Waals surface area contributed by atoms with Gasteiger partial charge in [-0.05, 0) is 120 Å². The van der Waals surface area contributed by atoms with E-state index in [-0.39, 0.29) is 22.6 Å². The molecule has 0 radical (unpaired) electrons. The number of allylic oxidation sites excluding steroid dienone is 2. The third-order valence-corrected chi connectivity index (χ3v) is 9.55. The van der Waals surface area contributed by atoms with Crippen LogP contribution >= 0.6 is 0 Å². The van der Waals surface area contributed by atoms with Crippen molar-refractivity contribution in [3.8, 4) is 22.6 Å². The molecule has 202 valence electrons. The Labute approximate surface area is 231 Å². The lowest BCUT2D eigenvalue weighted by Gasteiger charge is -2.51. The number of hydrogen-bond acceptors (Lipinski definition) is 3. The van der Waals surface area contributed by atoms with Crippen LogP contribution in [0.3, 0.4) is 0 Å². The predicted octanol–water partition coefficient (Wildman–Crippen LogP) is 8.47. The van der Waals surface area contributed by atoms with Gasteiger partial charge in [-0.25, -0.2) is 4.39 Å². The first-order chi connectivity index (χ1) is 18.8. The van der Waals surface area contributed by atoms with Gasteiger partial charge >= 0.3 is 0 Å². The molecule has 0 saturated heterocycles. The number of halogens is 1. The Bertz CT molecular complexity index is 1450. The normalized spacial score (nSPS) is 23.1. The number of rotatable bonds is 7. The Balaban J connectivity index is 1.32. The summed E-state index contributed by atoms with van der Waals surface area (Å²) in [6.45, 7) is 4.94. The topological polar surface area (TPSA) is 35.5 Å². The molecule has 0 heterocycles. The van der Waals surface area contributed by atoms with Gasteiger partial charge in [-0.15, -0.1) is 0 Å². The van der Waals surface area contributed by atoms with Crippen molar-refractivity contribution in [3.63, 3.8) is 0 Å². The van der Waals surface area contributed by atoms with Crippen molar-refractivity contribution in [1.82, 2.24) is 0 Å². The summed E-state index contributed by atoms with van der Waals surface area (Å²) < 4.78 is 26.9. The maximum absolute atomic E-state index is 15.1. The molecule has 1 spiro atoms. The molecular formula is C35H37FO3. The van der Waals surface area contributed by atoms with Crippen LogP contribution < -0.4 is 9.47 Å². The maximum Gasteiger partial charge on any atom is 0.131 e. The van der Waals surface area contributed by atoms with Gasteiger partial charge in [-0.1, -0.05) is 38.1 Å². The smallest absolute Gasteiger partial charge is 0.131 e. The molecule has 0 unspecified atom stereocenters. The first kappa shape index (κ1) is 25.9. The molecular weight excluding hydrogens is 487 g/mol. The van der Waals surface area contributed by atoms with Crippen LogP contribution in [0.2, 0.25) is 0 Å². The summed E-state index contributed by atoms with van der Waals surface area (Å²) in [5.41, 5.74) is 7.46. The first-order valence-electron chi connectivity index (χ1n) is 14.2. The minimum absolute atomic E-state index is 0.00483. The van der Waals surface area contributed by atoms with E-state index >= 15 is 4.39 Å². The minimum Gasteiger partial charge on any atom is -0.497 e. The van der Waals surface area contributed by atoms with E-state index < -0.39 is 0 Å². The lowest BCUT2D eigenvalue weighted by molar-refractivity contribution is -0.117. The van der Waals surface area contributed by atoms with Crippen molar-refractivity contribution < 1.29 is 18.7 Å². The highest BCUT2D eigenvalue weighted by Gasteiger charge is 2.49. The fourth-order valence-corrected chi connectivity index (χ4v) is 7.16. The van der Waals surface area contributed by atoms with Crippen molar-refractivity contribution in [1.29, 1.82) is 0 Å². The van der Waals surface area contributed by atoms with E-state index in [4.69, 9.17) is 9.47 Å². The van der Waals surface area contributed by atoms with E-state index in [0.717, 1.165) is 67.4 Å². The quantitative estimate of drug-likeness (QED) is 0.291. The maximum atomic E-state index is 15.1. The van der Waals surface area contributed by atoms with Crippen LogP contribution in [-0.2, 0) is 23.2 Å². The molecule has 0 N–H and O–H groups in total. The van der Waals surface area contributed by atoms with Crippen LogP contribution in [0.15, 0.2) is 60.7 Å². The van der Waals surface area contributed by atoms with Crippen molar-refractivity contribution in [2.24, 2.45) is 11.3 Å². The molecule has 3 aliphatic carbocycles. The molecule has 2 atom stereocenters. The summed E-state index contributed by atoms with van der Waals surface area (Å²) in [4.78, 5) is 11.8. The molecule has 3 aliphatic rings. The molecule has 0 aromatic heterocycles. The Morgan fingerprint density at radius 1 is 0.949 bits per heavy atom. The molecule has 1 saturated carbocycles. The van der Waals surface area contributed by atoms with Gasteiger partial charge in [0.1, 0.15) is 30.2 Å². The van der Waals surface area contributed by atoms with Gasteiger partial charge in [-0.2, -0.15) is 0 Å². The number of aldehydes is 1. The van der Waals surface area contributed by atoms with Crippen LogP contribution in [0.1, 0.15) is 74.6 Å². The number of carbonyl (C=O) groups excluding carboxylic acids is 1. The summed E-state index contributed by atoms with van der Waals surface area (Å²) >= 11 is 0. The average Bonchev–Trinajstić information content (AvgIpc) is 3.30. The van der Waals surface area contributed by atoms with Crippen LogP contribution in [0.25, 0.3) is 16.7 Å².